The van der Waals surface area contributed by atoms with Crippen molar-refractivity contribution in [3.05, 3.63) is 41.9 Å². The van der Waals surface area contributed by atoms with Crippen molar-refractivity contribution in [2.24, 2.45) is 0 Å². The summed E-state index contributed by atoms with van der Waals surface area (Å²) in [5.74, 6) is -0.109. The lowest BCUT2D eigenvalue weighted by Crippen LogP contribution is -2.52. The molecule has 1 aromatic carbocycles. The Bertz CT molecular complexity index is 756. The first kappa shape index (κ1) is 17.2. The predicted octanol–water partition coefficient (Wildman–Crippen LogP) is 1.89. The summed E-state index contributed by atoms with van der Waals surface area (Å²) in [5, 5.41) is 9.20. The fraction of sp³-hybridized carbons (Fsp3) is 0.389. The monoisotopic (exact) mass is 344 g/mol. The van der Waals surface area contributed by atoms with E-state index >= 15 is 0 Å². The Hall–Kier alpha value is -2.67. The van der Waals surface area contributed by atoms with Crippen molar-refractivity contribution >= 4 is 11.9 Å². The fourth-order valence-corrected chi connectivity index (χ4v) is 2.88. The summed E-state index contributed by atoms with van der Waals surface area (Å²) in [5.41, 5.74) is 1.70. The molecule has 1 aromatic heterocycles. The van der Waals surface area contributed by atoms with E-state index in [9.17, 15) is 14.7 Å². The number of carbonyl (C=O) groups is 2. The van der Waals surface area contributed by atoms with Crippen molar-refractivity contribution in [1.82, 2.24) is 9.88 Å². The van der Waals surface area contributed by atoms with Gasteiger partial charge >= 0.3 is 5.97 Å². The molecular formula is C18H20N2O5. The molecule has 0 spiro atoms. The van der Waals surface area contributed by atoms with Crippen LogP contribution in [0.4, 0.5) is 0 Å². The van der Waals surface area contributed by atoms with Gasteiger partial charge in [0.2, 0.25) is 5.91 Å². The molecule has 1 aliphatic heterocycles. The second-order valence-electron chi connectivity index (χ2n) is 5.90. The molecule has 0 radical (unpaired) electrons. The zero-order valence-electron chi connectivity index (χ0n) is 14.0. The Morgan fingerprint density at radius 2 is 2.08 bits per heavy atom. The number of oxazole rings is 1. The van der Waals surface area contributed by atoms with Crippen LogP contribution in [0.3, 0.4) is 0 Å². The highest BCUT2D eigenvalue weighted by atomic mass is 16.5. The zero-order chi connectivity index (χ0) is 17.8. The summed E-state index contributed by atoms with van der Waals surface area (Å²) in [6, 6.07) is 8.72. The van der Waals surface area contributed by atoms with Crippen LogP contribution >= 0.6 is 0 Å². The fourth-order valence-electron chi connectivity index (χ4n) is 2.88. The number of hydrogen-bond donors (Lipinski definition) is 1. The molecule has 0 aliphatic carbocycles. The van der Waals surface area contributed by atoms with Crippen LogP contribution in [0.2, 0.25) is 0 Å². The first-order chi connectivity index (χ1) is 12.1. The summed E-state index contributed by atoms with van der Waals surface area (Å²) < 4.78 is 10.9. The van der Waals surface area contributed by atoms with Crippen LogP contribution < -0.4 is 0 Å². The molecule has 1 atom stereocenters. The summed E-state index contributed by atoms with van der Waals surface area (Å²) in [7, 11) is 0. The molecular weight excluding hydrogens is 324 g/mol. The Labute approximate surface area is 145 Å². The zero-order valence-corrected chi connectivity index (χ0v) is 14.0. The molecule has 7 nitrogen and oxygen atoms in total. The van der Waals surface area contributed by atoms with E-state index in [0.717, 1.165) is 11.3 Å². The van der Waals surface area contributed by atoms with E-state index in [1.165, 1.54) is 4.90 Å². The number of carboxylic acids is 1. The molecule has 2 aromatic rings. The Morgan fingerprint density at radius 1 is 1.32 bits per heavy atom. The maximum Gasteiger partial charge on any atom is 0.328 e. The van der Waals surface area contributed by atoms with E-state index in [1.54, 1.807) is 0 Å². The first-order valence-electron chi connectivity index (χ1n) is 8.18. The van der Waals surface area contributed by atoms with Gasteiger partial charge in [-0.25, -0.2) is 9.78 Å². The van der Waals surface area contributed by atoms with Gasteiger partial charge in [0.1, 0.15) is 0 Å². The first-order valence-corrected chi connectivity index (χ1v) is 8.18. The molecule has 1 N–H and O–H groups in total. The number of hydrogen-bond acceptors (Lipinski definition) is 5. The number of morpholine rings is 1. The third kappa shape index (κ3) is 3.88. The minimum Gasteiger partial charge on any atom is -0.480 e. The lowest BCUT2D eigenvalue weighted by atomic mass is 10.1. The number of aryl methyl sites for hydroxylation is 2. The van der Waals surface area contributed by atoms with E-state index in [0.29, 0.717) is 24.7 Å². The topological polar surface area (TPSA) is 92.9 Å². The molecule has 7 heteroatoms. The van der Waals surface area contributed by atoms with Crippen molar-refractivity contribution in [3.63, 3.8) is 0 Å². The Balaban J connectivity index is 1.65. The van der Waals surface area contributed by atoms with Gasteiger partial charge in [-0.2, -0.15) is 0 Å². The Morgan fingerprint density at radius 3 is 2.80 bits per heavy atom. The van der Waals surface area contributed by atoms with Gasteiger partial charge in [-0.15, -0.1) is 0 Å². The second kappa shape index (κ2) is 7.48. The summed E-state index contributed by atoms with van der Waals surface area (Å²) in [6.07, 6.45) is 0.480. The van der Waals surface area contributed by atoms with E-state index in [2.05, 4.69) is 4.98 Å². The van der Waals surface area contributed by atoms with Gasteiger partial charge < -0.3 is 19.2 Å². The SMILES string of the molecule is Cc1nc(CCC(=O)N2CCOC[C@H]2C(=O)O)oc1-c1ccccc1. The number of carbonyl (C=O) groups excluding carboxylic acids is 1. The average molecular weight is 344 g/mol. The standard InChI is InChI=1S/C18H20N2O5/c1-12-17(13-5-3-2-4-6-13)25-15(19-12)7-8-16(21)20-9-10-24-11-14(20)18(22)23/h2-6,14H,7-11H2,1H3,(H,22,23)/t14-/m0/s1. The van der Waals surface area contributed by atoms with Crippen LogP contribution in [0.25, 0.3) is 11.3 Å². The average Bonchev–Trinajstić information content (AvgIpc) is 3.01. The van der Waals surface area contributed by atoms with E-state index in [4.69, 9.17) is 9.15 Å². The van der Waals surface area contributed by atoms with Gasteiger partial charge in [0.25, 0.3) is 0 Å². The van der Waals surface area contributed by atoms with Crippen molar-refractivity contribution in [2.75, 3.05) is 19.8 Å². The van der Waals surface area contributed by atoms with E-state index < -0.39 is 12.0 Å². The van der Waals surface area contributed by atoms with Crippen LogP contribution in [-0.2, 0) is 20.7 Å². The molecule has 0 saturated carbocycles. The van der Waals surface area contributed by atoms with Crippen molar-refractivity contribution in [1.29, 1.82) is 0 Å². The number of nitrogens with zero attached hydrogens (tertiary/aromatic N) is 2. The second-order valence-corrected chi connectivity index (χ2v) is 5.90. The molecule has 132 valence electrons. The maximum atomic E-state index is 12.4. The van der Waals surface area contributed by atoms with Gasteiger partial charge in [-0.3, -0.25) is 4.79 Å². The summed E-state index contributed by atoms with van der Waals surface area (Å²) in [6.45, 7) is 2.53. The van der Waals surface area contributed by atoms with Crippen molar-refractivity contribution in [3.8, 4) is 11.3 Å². The van der Waals surface area contributed by atoms with Gasteiger partial charge in [0, 0.05) is 24.9 Å². The van der Waals surface area contributed by atoms with Gasteiger partial charge in [0.15, 0.2) is 17.7 Å². The van der Waals surface area contributed by atoms with Crippen LogP contribution in [0.1, 0.15) is 18.0 Å². The molecule has 25 heavy (non-hydrogen) atoms. The van der Waals surface area contributed by atoms with E-state index in [1.807, 2.05) is 37.3 Å². The van der Waals surface area contributed by atoms with Gasteiger partial charge in [-0.1, -0.05) is 30.3 Å². The molecule has 1 fully saturated rings. The third-order valence-corrected chi connectivity index (χ3v) is 4.16. The highest BCUT2D eigenvalue weighted by Crippen LogP contribution is 2.24. The Kier molecular flexibility index (Phi) is 5.14. The number of aromatic nitrogens is 1. The number of ether oxygens (including phenoxy) is 1. The largest absolute Gasteiger partial charge is 0.480 e. The number of aliphatic carboxylic acids is 1. The van der Waals surface area contributed by atoms with E-state index in [-0.39, 0.29) is 25.5 Å². The lowest BCUT2D eigenvalue weighted by molar-refractivity contribution is -0.158. The lowest BCUT2D eigenvalue weighted by Gasteiger charge is -2.32. The quantitative estimate of drug-likeness (QED) is 0.890. The highest BCUT2D eigenvalue weighted by Gasteiger charge is 2.32. The highest BCUT2D eigenvalue weighted by molar-refractivity contribution is 5.84. The predicted molar refractivity (Wildman–Crippen MR) is 89.0 cm³/mol. The van der Waals surface area contributed by atoms with Crippen LogP contribution in [0.5, 0.6) is 0 Å². The normalized spacial score (nSPS) is 17.5. The molecule has 1 saturated heterocycles. The molecule has 0 bridgehead atoms. The number of carboxylic acid groups (broad SMARTS) is 1. The molecule has 1 amide bonds. The number of benzene rings is 1. The third-order valence-electron chi connectivity index (χ3n) is 4.16. The molecule has 3 rings (SSSR count). The van der Waals surface area contributed by atoms with Crippen LogP contribution in [0.15, 0.2) is 34.7 Å². The summed E-state index contributed by atoms with van der Waals surface area (Å²) >= 11 is 0. The van der Waals surface area contributed by atoms with Crippen molar-refractivity contribution in [2.45, 2.75) is 25.8 Å². The molecule has 2 heterocycles. The smallest absolute Gasteiger partial charge is 0.328 e. The summed E-state index contributed by atoms with van der Waals surface area (Å²) in [4.78, 5) is 29.4. The van der Waals surface area contributed by atoms with Crippen LogP contribution in [0, 0.1) is 6.92 Å². The van der Waals surface area contributed by atoms with Crippen LogP contribution in [-0.4, -0.2) is 52.7 Å². The minimum absolute atomic E-state index is 0.0251. The number of amides is 1. The van der Waals surface area contributed by atoms with Gasteiger partial charge in [0.05, 0.1) is 18.9 Å². The molecule has 1 aliphatic rings. The minimum atomic E-state index is -1.05. The van der Waals surface area contributed by atoms with Crippen molar-refractivity contribution < 1.29 is 23.8 Å². The number of rotatable bonds is 5. The van der Waals surface area contributed by atoms with Gasteiger partial charge in [-0.05, 0) is 6.92 Å². The molecule has 0 unspecified atom stereocenters. The maximum absolute atomic E-state index is 12.4.